The summed E-state index contributed by atoms with van der Waals surface area (Å²) in [5, 5.41) is 19.8. The highest BCUT2D eigenvalue weighted by Gasteiger charge is 2.19. The van der Waals surface area contributed by atoms with Gasteiger partial charge in [-0.2, -0.15) is 0 Å². The summed E-state index contributed by atoms with van der Waals surface area (Å²) in [6, 6.07) is 7.94. The molecule has 6 nitrogen and oxygen atoms in total. The molecule has 2 rings (SSSR count). The van der Waals surface area contributed by atoms with Crippen molar-refractivity contribution < 1.29 is 15.0 Å². The summed E-state index contributed by atoms with van der Waals surface area (Å²) in [6.45, 7) is 1.94. The molecule has 2 aromatic rings. The Morgan fingerprint density at radius 3 is 2.46 bits per heavy atom. The average Bonchev–Trinajstić information content (AvgIpc) is 2.58. The zero-order valence-corrected chi connectivity index (χ0v) is 15.8. The number of hydrogen-bond donors (Lipinski definition) is 4. The number of nitrogens with two attached hydrogens (primary N) is 1. The number of phenolic OH excluding ortho intramolecular Hbond substituents is 2. The fourth-order valence-corrected chi connectivity index (χ4v) is 3.16. The van der Waals surface area contributed by atoms with Gasteiger partial charge < -0.3 is 10.2 Å². The van der Waals surface area contributed by atoms with Crippen molar-refractivity contribution in [1.29, 1.82) is 0 Å². The second-order valence-electron chi connectivity index (χ2n) is 5.06. The molecule has 8 heteroatoms. The molecule has 1 amide bonds. The molecule has 0 heterocycles. The van der Waals surface area contributed by atoms with Crippen LogP contribution in [0.3, 0.4) is 0 Å². The summed E-state index contributed by atoms with van der Waals surface area (Å²) in [6.07, 6.45) is 1.35. The van der Waals surface area contributed by atoms with Gasteiger partial charge in [0.2, 0.25) is 0 Å². The molecule has 0 radical (unpaired) electrons. The van der Waals surface area contributed by atoms with Crippen LogP contribution in [0.1, 0.15) is 22.7 Å². The Kier molecular flexibility index (Phi) is 5.98. The standard InChI is InChI=1S/C16H15Br2N3O3/c1-8-2-4-9(5-3-8)13(16(24)21-19)20-7-10-6-11(17)15(23)12(18)14(10)22/h2-7,13,22-23H,19H2,1H3,(H,21,24). The summed E-state index contributed by atoms with van der Waals surface area (Å²) < 4.78 is 0.511. The number of nitrogens with one attached hydrogen (secondary N) is 1. The first kappa shape index (κ1) is 18.4. The maximum absolute atomic E-state index is 12.0. The predicted molar refractivity (Wildman–Crippen MR) is 99.0 cm³/mol. The van der Waals surface area contributed by atoms with Gasteiger partial charge in [-0.3, -0.25) is 15.2 Å². The van der Waals surface area contributed by atoms with Crippen LogP contribution < -0.4 is 11.3 Å². The van der Waals surface area contributed by atoms with Crippen molar-refractivity contribution >= 4 is 44.0 Å². The zero-order valence-electron chi connectivity index (χ0n) is 12.6. The lowest BCUT2D eigenvalue weighted by Crippen LogP contribution is -2.34. The fraction of sp³-hybridized carbons (Fsp3) is 0.125. The molecule has 2 aromatic carbocycles. The summed E-state index contributed by atoms with van der Waals surface area (Å²) in [5.74, 6) is 4.45. The number of aliphatic imine (C=N–C) groups is 1. The second-order valence-corrected chi connectivity index (χ2v) is 6.71. The number of aryl methyl sites for hydroxylation is 1. The van der Waals surface area contributed by atoms with Gasteiger partial charge in [0, 0.05) is 11.8 Å². The minimum atomic E-state index is -0.860. The molecule has 5 N–H and O–H groups in total. The second kappa shape index (κ2) is 7.78. The van der Waals surface area contributed by atoms with E-state index in [-0.39, 0.29) is 16.0 Å². The van der Waals surface area contributed by atoms with Gasteiger partial charge in [0.15, 0.2) is 6.04 Å². The van der Waals surface area contributed by atoms with E-state index in [1.165, 1.54) is 12.3 Å². The van der Waals surface area contributed by atoms with Crippen molar-refractivity contribution in [1.82, 2.24) is 5.43 Å². The Morgan fingerprint density at radius 2 is 1.88 bits per heavy atom. The van der Waals surface area contributed by atoms with E-state index in [4.69, 9.17) is 5.84 Å². The van der Waals surface area contributed by atoms with E-state index in [2.05, 4.69) is 42.3 Å². The quantitative estimate of drug-likeness (QED) is 0.245. The SMILES string of the molecule is Cc1ccc(C(N=Cc2cc(Br)c(O)c(Br)c2O)C(=O)NN)cc1. The highest BCUT2D eigenvalue weighted by molar-refractivity contribution is 9.11. The third-order valence-corrected chi connectivity index (χ3v) is 4.70. The van der Waals surface area contributed by atoms with Gasteiger partial charge in [-0.15, -0.1) is 0 Å². The Labute approximate surface area is 155 Å². The van der Waals surface area contributed by atoms with Gasteiger partial charge in [0.1, 0.15) is 16.0 Å². The molecule has 0 saturated carbocycles. The number of rotatable bonds is 4. The molecule has 0 bridgehead atoms. The molecule has 126 valence electrons. The summed E-state index contributed by atoms with van der Waals surface area (Å²) in [4.78, 5) is 16.3. The lowest BCUT2D eigenvalue weighted by Gasteiger charge is -2.12. The predicted octanol–water partition coefficient (Wildman–Crippen LogP) is 3.08. The number of nitrogens with zero attached hydrogens (tertiary/aromatic N) is 1. The van der Waals surface area contributed by atoms with E-state index < -0.39 is 11.9 Å². The van der Waals surface area contributed by atoms with E-state index in [1.807, 2.05) is 19.1 Å². The number of phenols is 2. The van der Waals surface area contributed by atoms with E-state index in [0.717, 1.165) is 5.56 Å². The first-order valence-corrected chi connectivity index (χ1v) is 8.44. The number of carbonyl (C=O) groups excluding carboxylic acids is 1. The molecule has 0 saturated heterocycles. The maximum atomic E-state index is 12.0. The van der Waals surface area contributed by atoms with Crippen LogP contribution in [0.25, 0.3) is 0 Å². The van der Waals surface area contributed by atoms with Gasteiger partial charge in [-0.25, -0.2) is 5.84 Å². The number of carbonyl (C=O) groups is 1. The molecule has 24 heavy (non-hydrogen) atoms. The first-order valence-electron chi connectivity index (χ1n) is 6.85. The van der Waals surface area contributed by atoms with Gasteiger partial charge >= 0.3 is 0 Å². The van der Waals surface area contributed by atoms with E-state index in [0.29, 0.717) is 15.6 Å². The van der Waals surface area contributed by atoms with Crippen LogP contribution in [-0.4, -0.2) is 22.3 Å². The molecular formula is C16H15Br2N3O3. The third-order valence-electron chi connectivity index (χ3n) is 3.34. The van der Waals surface area contributed by atoms with Gasteiger partial charge in [-0.05, 0) is 50.4 Å². The largest absolute Gasteiger partial charge is 0.506 e. The number of hydrogen-bond acceptors (Lipinski definition) is 5. The molecule has 1 atom stereocenters. The van der Waals surface area contributed by atoms with E-state index in [9.17, 15) is 15.0 Å². The topological polar surface area (TPSA) is 108 Å². The number of hydrazine groups is 1. The first-order chi connectivity index (χ1) is 11.3. The number of benzene rings is 2. The smallest absolute Gasteiger partial charge is 0.263 e. The third kappa shape index (κ3) is 3.95. The summed E-state index contributed by atoms with van der Waals surface area (Å²) in [5.41, 5.74) is 4.13. The Balaban J connectivity index is 2.42. The van der Waals surface area contributed by atoms with Crippen molar-refractivity contribution in [3.8, 4) is 11.5 Å². The van der Waals surface area contributed by atoms with Crippen LogP contribution in [0.15, 0.2) is 44.3 Å². The van der Waals surface area contributed by atoms with Crippen molar-refractivity contribution in [2.75, 3.05) is 0 Å². The fourth-order valence-electron chi connectivity index (χ4n) is 2.00. The Morgan fingerprint density at radius 1 is 1.25 bits per heavy atom. The Hall–Kier alpha value is -1.90. The van der Waals surface area contributed by atoms with Crippen LogP contribution in [0, 0.1) is 6.92 Å². The van der Waals surface area contributed by atoms with Crippen molar-refractivity contribution in [2.45, 2.75) is 13.0 Å². The van der Waals surface area contributed by atoms with Crippen LogP contribution in [0.5, 0.6) is 11.5 Å². The van der Waals surface area contributed by atoms with Crippen LogP contribution in [-0.2, 0) is 4.79 Å². The summed E-state index contributed by atoms with van der Waals surface area (Å²) >= 11 is 6.27. The maximum Gasteiger partial charge on any atom is 0.263 e. The summed E-state index contributed by atoms with van der Waals surface area (Å²) in [7, 11) is 0. The molecule has 0 aliphatic rings. The van der Waals surface area contributed by atoms with Gasteiger partial charge in [0.05, 0.1) is 4.47 Å². The zero-order chi connectivity index (χ0) is 17.9. The average molecular weight is 457 g/mol. The minimum Gasteiger partial charge on any atom is -0.506 e. The molecule has 0 aromatic heterocycles. The lowest BCUT2D eigenvalue weighted by atomic mass is 10.1. The van der Waals surface area contributed by atoms with Crippen LogP contribution in [0.4, 0.5) is 0 Å². The molecule has 0 spiro atoms. The molecule has 0 aliphatic carbocycles. The van der Waals surface area contributed by atoms with E-state index in [1.54, 1.807) is 12.1 Å². The Bertz CT molecular complexity index is 792. The molecule has 1 unspecified atom stereocenters. The van der Waals surface area contributed by atoms with Crippen LogP contribution >= 0.6 is 31.9 Å². The van der Waals surface area contributed by atoms with Gasteiger partial charge in [-0.1, -0.05) is 29.8 Å². The molecule has 0 fully saturated rings. The highest BCUT2D eigenvalue weighted by atomic mass is 79.9. The molecule has 0 aliphatic heterocycles. The normalized spacial score (nSPS) is 12.3. The lowest BCUT2D eigenvalue weighted by molar-refractivity contribution is -0.122. The van der Waals surface area contributed by atoms with Crippen LogP contribution in [0.2, 0.25) is 0 Å². The number of halogens is 2. The monoisotopic (exact) mass is 455 g/mol. The van der Waals surface area contributed by atoms with Crippen molar-refractivity contribution in [3.63, 3.8) is 0 Å². The van der Waals surface area contributed by atoms with Crippen molar-refractivity contribution in [2.24, 2.45) is 10.8 Å². The molecular weight excluding hydrogens is 442 g/mol. The van der Waals surface area contributed by atoms with Crippen molar-refractivity contribution in [3.05, 3.63) is 56.0 Å². The number of aromatic hydroxyl groups is 2. The van der Waals surface area contributed by atoms with Gasteiger partial charge in [0.25, 0.3) is 5.91 Å². The minimum absolute atomic E-state index is 0.126. The highest BCUT2D eigenvalue weighted by Crippen LogP contribution is 2.40. The number of amides is 1. The van der Waals surface area contributed by atoms with E-state index >= 15 is 0 Å².